The number of aliphatic imine (C=N–C) groups is 1. The van der Waals surface area contributed by atoms with Gasteiger partial charge in [0.1, 0.15) is 11.5 Å². The molecule has 20 heavy (non-hydrogen) atoms. The molecule has 0 aliphatic rings. The van der Waals surface area contributed by atoms with Crippen LogP contribution in [0.3, 0.4) is 0 Å². The Labute approximate surface area is 117 Å². The minimum absolute atomic E-state index is 0.0157. The van der Waals surface area contributed by atoms with Gasteiger partial charge < -0.3 is 19.6 Å². The summed E-state index contributed by atoms with van der Waals surface area (Å²) in [5.41, 5.74) is 0. The second-order valence-corrected chi connectivity index (χ2v) is 4.47. The van der Waals surface area contributed by atoms with Gasteiger partial charge in [-0.2, -0.15) is 4.98 Å². The molecule has 2 aromatic heterocycles. The van der Waals surface area contributed by atoms with Crippen molar-refractivity contribution in [3.8, 4) is 0 Å². The number of hydrogen-bond donors (Lipinski definition) is 2. The zero-order valence-electron chi connectivity index (χ0n) is 12.1. The Morgan fingerprint density at radius 2 is 2.20 bits per heavy atom. The molecule has 2 N–H and O–H groups in total. The number of hydrogen-bond acceptors (Lipinski definition) is 5. The molecule has 0 aliphatic carbocycles. The van der Waals surface area contributed by atoms with E-state index in [0.29, 0.717) is 24.2 Å². The zero-order valence-corrected chi connectivity index (χ0v) is 12.1. The molecule has 2 heterocycles. The fourth-order valence-electron chi connectivity index (χ4n) is 1.73. The lowest BCUT2D eigenvalue weighted by atomic mass is 10.2. The van der Waals surface area contributed by atoms with E-state index in [1.165, 1.54) is 0 Å². The average molecular weight is 277 g/mol. The lowest BCUT2D eigenvalue weighted by molar-refractivity contribution is 0.386. The van der Waals surface area contributed by atoms with Crippen molar-refractivity contribution in [2.45, 2.75) is 33.4 Å². The van der Waals surface area contributed by atoms with Crippen molar-refractivity contribution in [3.63, 3.8) is 0 Å². The Hall–Kier alpha value is -2.31. The van der Waals surface area contributed by atoms with Crippen LogP contribution in [0.5, 0.6) is 0 Å². The van der Waals surface area contributed by atoms with Gasteiger partial charge in [-0.05, 0) is 26.0 Å². The van der Waals surface area contributed by atoms with Gasteiger partial charge in [-0.1, -0.05) is 5.16 Å². The van der Waals surface area contributed by atoms with Crippen LogP contribution in [0.1, 0.15) is 36.2 Å². The SMILES string of the molecule is CN=C(NCc1noc(C)n1)NC(C)c1ccc(C)o1. The van der Waals surface area contributed by atoms with Gasteiger partial charge in [0.25, 0.3) is 0 Å². The zero-order chi connectivity index (χ0) is 14.5. The second-order valence-electron chi connectivity index (χ2n) is 4.47. The fraction of sp³-hybridized carbons (Fsp3) is 0.462. The third-order valence-electron chi connectivity index (χ3n) is 2.75. The minimum Gasteiger partial charge on any atom is -0.464 e. The molecule has 108 valence electrons. The number of nitrogens with zero attached hydrogens (tertiary/aromatic N) is 3. The highest BCUT2D eigenvalue weighted by molar-refractivity contribution is 5.79. The quantitative estimate of drug-likeness (QED) is 0.653. The third kappa shape index (κ3) is 3.59. The van der Waals surface area contributed by atoms with E-state index in [1.54, 1.807) is 14.0 Å². The summed E-state index contributed by atoms with van der Waals surface area (Å²) in [6, 6.07) is 3.90. The van der Waals surface area contributed by atoms with Crippen molar-refractivity contribution in [1.82, 2.24) is 20.8 Å². The fourth-order valence-corrected chi connectivity index (χ4v) is 1.73. The van der Waals surface area contributed by atoms with E-state index in [1.807, 2.05) is 26.0 Å². The van der Waals surface area contributed by atoms with Gasteiger partial charge in [0.2, 0.25) is 5.89 Å². The molecule has 1 unspecified atom stereocenters. The van der Waals surface area contributed by atoms with E-state index in [0.717, 1.165) is 11.5 Å². The molecular formula is C13H19N5O2. The highest BCUT2D eigenvalue weighted by Crippen LogP contribution is 2.15. The van der Waals surface area contributed by atoms with Crippen LogP contribution < -0.4 is 10.6 Å². The van der Waals surface area contributed by atoms with E-state index in [9.17, 15) is 0 Å². The largest absolute Gasteiger partial charge is 0.464 e. The Balaban J connectivity index is 1.89. The first-order valence-corrected chi connectivity index (χ1v) is 6.41. The Bertz CT molecular complexity index is 587. The molecule has 0 bridgehead atoms. The number of aryl methyl sites for hydroxylation is 2. The first-order valence-electron chi connectivity index (χ1n) is 6.41. The number of furan rings is 1. The highest BCUT2D eigenvalue weighted by atomic mass is 16.5. The summed E-state index contributed by atoms with van der Waals surface area (Å²) in [5, 5.41) is 10.2. The number of nitrogens with one attached hydrogen (secondary N) is 2. The van der Waals surface area contributed by atoms with Gasteiger partial charge >= 0.3 is 0 Å². The minimum atomic E-state index is 0.0157. The predicted octanol–water partition coefficient (Wildman–Crippen LogP) is 1.71. The van der Waals surface area contributed by atoms with E-state index < -0.39 is 0 Å². The molecule has 0 aliphatic heterocycles. The molecule has 7 nitrogen and oxygen atoms in total. The van der Waals surface area contributed by atoms with Crippen LogP contribution >= 0.6 is 0 Å². The van der Waals surface area contributed by atoms with Gasteiger partial charge in [0, 0.05) is 14.0 Å². The summed E-state index contributed by atoms with van der Waals surface area (Å²) in [6.45, 7) is 6.12. The predicted molar refractivity (Wildman–Crippen MR) is 74.2 cm³/mol. The van der Waals surface area contributed by atoms with Crippen LogP contribution in [0.15, 0.2) is 26.1 Å². The number of rotatable bonds is 4. The first kappa shape index (κ1) is 14.1. The van der Waals surface area contributed by atoms with Crippen LogP contribution in [-0.4, -0.2) is 23.1 Å². The van der Waals surface area contributed by atoms with Crippen molar-refractivity contribution < 1.29 is 8.94 Å². The summed E-state index contributed by atoms with van der Waals surface area (Å²) in [4.78, 5) is 8.26. The van der Waals surface area contributed by atoms with Crippen LogP contribution in [-0.2, 0) is 6.54 Å². The molecule has 0 spiro atoms. The topological polar surface area (TPSA) is 88.5 Å². The Kier molecular flexibility index (Phi) is 4.39. The second kappa shape index (κ2) is 6.23. The molecule has 0 saturated heterocycles. The van der Waals surface area contributed by atoms with Gasteiger partial charge in [-0.15, -0.1) is 0 Å². The van der Waals surface area contributed by atoms with Gasteiger partial charge in [-0.25, -0.2) is 0 Å². The number of aromatic nitrogens is 2. The van der Waals surface area contributed by atoms with Crippen molar-refractivity contribution in [2.75, 3.05) is 7.05 Å². The van der Waals surface area contributed by atoms with Crippen LogP contribution in [0.25, 0.3) is 0 Å². The normalized spacial score (nSPS) is 13.3. The highest BCUT2D eigenvalue weighted by Gasteiger charge is 2.11. The van der Waals surface area contributed by atoms with E-state index in [2.05, 4.69) is 25.8 Å². The Morgan fingerprint density at radius 1 is 1.40 bits per heavy atom. The summed E-state index contributed by atoms with van der Waals surface area (Å²) >= 11 is 0. The maximum atomic E-state index is 5.57. The molecular weight excluding hydrogens is 258 g/mol. The van der Waals surface area contributed by atoms with Crippen molar-refractivity contribution in [1.29, 1.82) is 0 Å². The third-order valence-corrected chi connectivity index (χ3v) is 2.75. The lowest BCUT2D eigenvalue weighted by Crippen LogP contribution is -2.38. The molecule has 2 aromatic rings. The molecule has 0 aromatic carbocycles. The maximum absolute atomic E-state index is 5.57. The summed E-state index contributed by atoms with van der Waals surface area (Å²) in [7, 11) is 1.71. The summed E-state index contributed by atoms with van der Waals surface area (Å²) < 4.78 is 10.5. The van der Waals surface area contributed by atoms with E-state index >= 15 is 0 Å². The summed E-state index contributed by atoms with van der Waals surface area (Å²) in [5.74, 6) is 3.53. The van der Waals surface area contributed by atoms with Gasteiger partial charge in [0.05, 0.1) is 12.6 Å². The van der Waals surface area contributed by atoms with Crippen molar-refractivity contribution in [2.24, 2.45) is 4.99 Å². The first-order chi connectivity index (χ1) is 9.58. The molecule has 2 rings (SSSR count). The average Bonchev–Trinajstić information content (AvgIpc) is 3.03. The van der Waals surface area contributed by atoms with Gasteiger partial charge in [-0.3, -0.25) is 4.99 Å². The standard InChI is InChI=1S/C13H19N5O2/c1-8-5-6-11(19-8)9(2)16-13(14-4)15-7-12-17-10(3)20-18-12/h5-6,9H,7H2,1-4H3,(H2,14,15,16). The molecule has 0 fully saturated rings. The van der Waals surface area contributed by atoms with Crippen LogP contribution in [0.4, 0.5) is 0 Å². The monoisotopic (exact) mass is 277 g/mol. The van der Waals surface area contributed by atoms with Crippen LogP contribution in [0, 0.1) is 13.8 Å². The van der Waals surface area contributed by atoms with E-state index in [-0.39, 0.29) is 6.04 Å². The molecule has 7 heteroatoms. The van der Waals surface area contributed by atoms with Crippen LogP contribution in [0.2, 0.25) is 0 Å². The molecule has 0 radical (unpaired) electrons. The maximum Gasteiger partial charge on any atom is 0.223 e. The van der Waals surface area contributed by atoms with Crippen molar-refractivity contribution in [3.05, 3.63) is 35.4 Å². The molecule has 1 atom stereocenters. The van der Waals surface area contributed by atoms with Gasteiger partial charge in [0.15, 0.2) is 11.8 Å². The molecule has 0 amide bonds. The van der Waals surface area contributed by atoms with E-state index in [4.69, 9.17) is 8.94 Å². The smallest absolute Gasteiger partial charge is 0.223 e. The Morgan fingerprint density at radius 3 is 2.75 bits per heavy atom. The number of guanidine groups is 1. The molecule has 0 saturated carbocycles. The lowest BCUT2D eigenvalue weighted by Gasteiger charge is -2.15. The van der Waals surface area contributed by atoms with Crippen molar-refractivity contribution >= 4 is 5.96 Å². The summed E-state index contributed by atoms with van der Waals surface area (Å²) in [6.07, 6.45) is 0.